The summed E-state index contributed by atoms with van der Waals surface area (Å²) in [5.74, 6) is -6.02. The van der Waals surface area contributed by atoms with E-state index in [9.17, 15) is 35.1 Å². The number of halogens is 8. The monoisotopic (exact) mass is 319 g/mol. The lowest BCUT2D eigenvalue weighted by atomic mass is 10.1. The number of nitrogens with zero attached hydrogens (tertiary/aromatic N) is 3. The Hall–Kier alpha value is -1.99. The molecule has 0 bridgehead atoms. The molecule has 0 aliphatic heterocycles. The highest BCUT2D eigenvalue weighted by Crippen LogP contribution is 2.39. The van der Waals surface area contributed by atoms with Crippen LogP contribution < -0.4 is 0 Å². The zero-order valence-electron chi connectivity index (χ0n) is 10.1. The van der Waals surface area contributed by atoms with Gasteiger partial charge in [0.2, 0.25) is 0 Å². The molecule has 0 atom stereocenters. The fourth-order valence-electron chi connectivity index (χ4n) is 1.40. The van der Waals surface area contributed by atoms with Gasteiger partial charge in [0.1, 0.15) is 0 Å². The van der Waals surface area contributed by atoms with Gasteiger partial charge in [0, 0.05) is 12.5 Å². The van der Waals surface area contributed by atoms with E-state index in [2.05, 4.69) is 9.97 Å². The van der Waals surface area contributed by atoms with Crippen LogP contribution >= 0.6 is 0 Å². The average Bonchev–Trinajstić information content (AvgIpc) is 2.24. The number of nitriles is 1. The lowest BCUT2D eigenvalue weighted by Gasteiger charge is -2.19. The number of hydrogen-bond donors (Lipinski definition) is 0. The molecule has 0 radical (unpaired) electrons. The van der Waals surface area contributed by atoms with Crippen molar-refractivity contribution in [3.8, 4) is 6.07 Å². The summed E-state index contributed by atoms with van der Waals surface area (Å²) >= 11 is 0. The van der Waals surface area contributed by atoms with Gasteiger partial charge in [0.05, 0.1) is 12.5 Å². The van der Waals surface area contributed by atoms with Gasteiger partial charge in [0.25, 0.3) is 0 Å². The zero-order chi connectivity index (χ0) is 16.6. The Balaban J connectivity index is 3.80. The summed E-state index contributed by atoms with van der Waals surface area (Å²) in [6.07, 6.45) is -12.2. The van der Waals surface area contributed by atoms with Crippen molar-refractivity contribution in [3.05, 3.63) is 22.8 Å². The summed E-state index contributed by atoms with van der Waals surface area (Å²) in [7, 11) is 0. The van der Waals surface area contributed by atoms with Gasteiger partial charge in [-0.3, -0.25) is 0 Å². The number of rotatable bonds is 2. The van der Waals surface area contributed by atoms with Crippen LogP contribution in [0.25, 0.3) is 0 Å². The fraction of sp³-hybridized carbons (Fsp3) is 0.500. The maximum Gasteiger partial charge on any atom is 0.433 e. The molecule has 1 heterocycles. The third kappa shape index (κ3) is 3.77. The zero-order valence-corrected chi connectivity index (χ0v) is 10.1. The van der Waals surface area contributed by atoms with Crippen molar-refractivity contribution >= 4 is 0 Å². The predicted octanol–water partition coefficient (Wildman–Crippen LogP) is 3.69. The van der Waals surface area contributed by atoms with Crippen LogP contribution in [0.15, 0.2) is 0 Å². The maximum atomic E-state index is 13.0. The van der Waals surface area contributed by atoms with E-state index in [1.807, 2.05) is 0 Å². The topological polar surface area (TPSA) is 49.6 Å². The van der Waals surface area contributed by atoms with Crippen LogP contribution in [0, 0.1) is 11.3 Å². The Morgan fingerprint density at radius 3 is 1.52 bits per heavy atom. The van der Waals surface area contributed by atoms with E-state index in [0.29, 0.717) is 0 Å². The van der Waals surface area contributed by atoms with E-state index in [0.717, 1.165) is 6.07 Å². The summed E-state index contributed by atoms with van der Waals surface area (Å²) in [5.41, 5.74) is -5.96. The second-order valence-electron chi connectivity index (χ2n) is 3.94. The number of alkyl halides is 8. The minimum Gasteiger partial charge on any atom is -0.222 e. The van der Waals surface area contributed by atoms with Crippen molar-refractivity contribution in [2.45, 2.75) is 31.6 Å². The van der Waals surface area contributed by atoms with Crippen LogP contribution in [0.2, 0.25) is 0 Å². The molecule has 3 nitrogen and oxygen atoms in total. The first-order valence-corrected chi connectivity index (χ1v) is 5.09. The van der Waals surface area contributed by atoms with Gasteiger partial charge >= 0.3 is 18.3 Å². The van der Waals surface area contributed by atoms with Crippen molar-refractivity contribution in [2.24, 2.45) is 0 Å². The second-order valence-corrected chi connectivity index (χ2v) is 3.94. The van der Waals surface area contributed by atoms with Gasteiger partial charge < -0.3 is 0 Å². The number of aromatic nitrogens is 2. The highest BCUT2D eigenvalue weighted by Gasteiger charge is 2.46. The summed E-state index contributed by atoms with van der Waals surface area (Å²) in [5, 5.41) is 8.34. The van der Waals surface area contributed by atoms with E-state index in [-0.39, 0.29) is 6.92 Å². The molecule has 11 heteroatoms. The third-order valence-corrected chi connectivity index (χ3v) is 2.19. The molecule has 1 rings (SSSR count). The highest BCUT2D eigenvalue weighted by atomic mass is 19.4. The molecule has 0 unspecified atom stereocenters. The SMILES string of the molecule is CC(F)(F)c1nc(C(F)(F)F)c(CC#N)c(C(F)(F)F)n1. The van der Waals surface area contributed by atoms with Crippen LogP contribution in [0.4, 0.5) is 35.1 Å². The van der Waals surface area contributed by atoms with Crippen LogP contribution in [0.1, 0.15) is 29.7 Å². The predicted molar refractivity (Wildman–Crippen MR) is 50.9 cm³/mol. The minimum atomic E-state index is -5.44. The Kier molecular flexibility index (Phi) is 4.13. The standard InChI is InChI=1S/C10H5F8N3/c1-8(11,12)7-20-5(9(13,14)15)4(2-3-19)6(21-7)10(16,17)18/h2H2,1H3. The third-order valence-electron chi connectivity index (χ3n) is 2.19. The normalized spacial score (nSPS) is 13.1. The van der Waals surface area contributed by atoms with Gasteiger partial charge in [-0.2, -0.15) is 40.4 Å². The molecule has 21 heavy (non-hydrogen) atoms. The van der Waals surface area contributed by atoms with Crippen molar-refractivity contribution in [3.63, 3.8) is 0 Å². The molecule has 0 saturated carbocycles. The first-order valence-electron chi connectivity index (χ1n) is 5.09. The van der Waals surface area contributed by atoms with E-state index in [4.69, 9.17) is 5.26 Å². The lowest BCUT2D eigenvalue weighted by molar-refractivity contribution is -0.150. The molecule has 116 valence electrons. The Bertz CT molecular complexity index is 541. The Morgan fingerprint density at radius 2 is 1.29 bits per heavy atom. The van der Waals surface area contributed by atoms with Gasteiger partial charge in [-0.1, -0.05) is 0 Å². The molecule has 0 amide bonds. The van der Waals surface area contributed by atoms with Gasteiger partial charge in [-0.25, -0.2) is 9.97 Å². The van der Waals surface area contributed by atoms with Gasteiger partial charge in [-0.05, 0) is 0 Å². The maximum absolute atomic E-state index is 13.0. The largest absolute Gasteiger partial charge is 0.433 e. The molecule has 1 aromatic heterocycles. The molecule has 0 aliphatic carbocycles. The summed E-state index contributed by atoms with van der Waals surface area (Å²) in [6, 6.07) is 1.10. The molecular weight excluding hydrogens is 314 g/mol. The van der Waals surface area contributed by atoms with Crippen LogP contribution in [-0.4, -0.2) is 9.97 Å². The van der Waals surface area contributed by atoms with E-state index >= 15 is 0 Å². The molecule has 0 aliphatic rings. The highest BCUT2D eigenvalue weighted by molar-refractivity contribution is 5.33. The first kappa shape index (κ1) is 17.1. The number of hydrogen-bond acceptors (Lipinski definition) is 3. The lowest BCUT2D eigenvalue weighted by Crippen LogP contribution is -2.25. The van der Waals surface area contributed by atoms with Gasteiger partial charge in [-0.15, -0.1) is 0 Å². The van der Waals surface area contributed by atoms with E-state index in [1.165, 1.54) is 0 Å². The van der Waals surface area contributed by atoms with E-state index < -0.39 is 47.5 Å². The summed E-state index contributed by atoms with van der Waals surface area (Å²) in [6.45, 7) is 0.0621. The molecule has 0 saturated heterocycles. The first-order chi connectivity index (χ1) is 9.28. The van der Waals surface area contributed by atoms with Crippen LogP contribution in [0.5, 0.6) is 0 Å². The van der Waals surface area contributed by atoms with Crippen molar-refractivity contribution in [1.29, 1.82) is 5.26 Å². The molecule has 0 aromatic carbocycles. The quantitative estimate of drug-likeness (QED) is 0.781. The molecule has 1 aromatic rings. The molecular formula is C10H5F8N3. The summed E-state index contributed by atoms with van der Waals surface area (Å²) in [4.78, 5) is 4.94. The van der Waals surface area contributed by atoms with Crippen molar-refractivity contribution < 1.29 is 35.1 Å². The van der Waals surface area contributed by atoms with Crippen molar-refractivity contribution in [2.75, 3.05) is 0 Å². The second kappa shape index (κ2) is 5.09. The minimum absolute atomic E-state index is 0.0621. The van der Waals surface area contributed by atoms with Crippen molar-refractivity contribution in [1.82, 2.24) is 9.97 Å². The smallest absolute Gasteiger partial charge is 0.222 e. The fourth-order valence-corrected chi connectivity index (χ4v) is 1.40. The Morgan fingerprint density at radius 1 is 0.905 bits per heavy atom. The van der Waals surface area contributed by atoms with Crippen LogP contribution in [-0.2, 0) is 24.7 Å². The van der Waals surface area contributed by atoms with Gasteiger partial charge in [0.15, 0.2) is 17.2 Å². The Labute approximate surface area is 112 Å². The summed E-state index contributed by atoms with van der Waals surface area (Å²) < 4.78 is 102. The molecule has 0 fully saturated rings. The molecule has 0 N–H and O–H groups in total. The van der Waals surface area contributed by atoms with Crippen LogP contribution in [0.3, 0.4) is 0 Å². The van der Waals surface area contributed by atoms with E-state index in [1.54, 1.807) is 0 Å². The average molecular weight is 319 g/mol. The molecule has 0 spiro atoms.